The normalized spacial score (nSPS) is 16.7. The fraction of sp³-hybridized carbons (Fsp3) is 0.579. The number of rotatable bonds is 5. The molecule has 1 aliphatic heterocycles. The van der Waals surface area contributed by atoms with Crippen molar-refractivity contribution in [3.8, 4) is 0 Å². The van der Waals surface area contributed by atoms with Gasteiger partial charge in [0.2, 0.25) is 5.91 Å². The van der Waals surface area contributed by atoms with Crippen molar-refractivity contribution >= 4 is 41.5 Å². The van der Waals surface area contributed by atoms with E-state index in [1.54, 1.807) is 0 Å². The van der Waals surface area contributed by atoms with Gasteiger partial charge in [-0.05, 0) is 64.8 Å². The Hall–Kier alpha value is -1.35. The van der Waals surface area contributed by atoms with Gasteiger partial charge >= 0.3 is 0 Å². The summed E-state index contributed by atoms with van der Waals surface area (Å²) in [5.41, 5.74) is 6.72. The first-order valence-corrected chi connectivity index (χ1v) is 8.97. The Morgan fingerprint density at radius 3 is 2.42 bits per heavy atom. The Morgan fingerprint density at radius 1 is 1.23 bits per heavy atom. The van der Waals surface area contributed by atoms with E-state index in [4.69, 9.17) is 5.73 Å². The van der Waals surface area contributed by atoms with Crippen molar-refractivity contribution in [3.05, 3.63) is 30.3 Å². The minimum Gasteiger partial charge on any atom is -0.370 e. The lowest BCUT2D eigenvalue weighted by Crippen LogP contribution is -2.47. The molecule has 0 spiro atoms. The van der Waals surface area contributed by atoms with E-state index in [1.165, 1.54) is 0 Å². The van der Waals surface area contributed by atoms with Crippen LogP contribution in [0, 0.1) is 5.92 Å². The molecule has 4 N–H and O–H groups in total. The number of carbonyl (C=O) groups excluding carboxylic acids is 1. The average molecular weight is 473 g/mol. The minimum atomic E-state index is -0.173. The Kier molecular flexibility index (Phi) is 9.35. The van der Waals surface area contributed by atoms with Crippen LogP contribution in [0.1, 0.15) is 33.6 Å². The van der Waals surface area contributed by atoms with Crippen LogP contribution in [0.25, 0.3) is 0 Å². The first-order valence-electron chi connectivity index (χ1n) is 8.97. The zero-order valence-corrected chi connectivity index (χ0v) is 18.3. The minimum absolute atomic E-state index is 0. The highest BCUT2D eigenvalue weighted by Crippen LogP contribution is 2.17. The lowest BCUT2D eigenvalue weighted by Gasteiger charge is -2.31. The van der Waals surface area contributed by atoms with Gasteiger partial charge in [-0.3, -0.25) is 14.7 Å². The molecule has 1 saturated heterocycles. The maximum absolute atomic E-state index is 12.0. The number of carbonyl (C=O) groups is 1. The quantitative estimate of drug-likeness (QED) is 0.349. The molecule has 0 unspecified atom stereocenters. The van der Waals surface area contributed by atoms with E-state index < -0.39 is 0 Å². The number of guanidine groups is 1. The third-order valence-corrected chi connectivity index (χ3v) is 4.15. The summed E-state index contributed by atoms with van der Waals surface area (Å²) < 4.78 is 0. The van der Waals surface area contributed by atoms with Crippen LogP contribution < -0.4 is 16.4 Å². The molecular weight excluding hydrogens is 441 g/mol. The van der Waals surface area contributed by atoms with Crippen molar-refractivity contribution in [3.63, 3.8) is 0 Å². The van der Waals surface area contributed by atoms with E-state index >= 15 is 0 Å². The van der Waals surface area contributed by atoms with Crippen LogP contribution >= 0.6 is 24.0 Å². The number of hydrogen-bond donors (Lipinski definition) is 3. The van der Waals surface area contributed by atoms with Gasteiger partial charge in [0, 0.05) is 17.8 Å². The van der Waals surface area contributed by atoms with Crippen LogP contribution in [0.4, 0.5) is 5.69 Å². The summed E-state index contributed by atoms with van der Waals surface area (Å²) in [6.45, 7) is 9.08. The molecule has 6 nitrogen and oxygen atoms in total. The van der Waals surface area contributed by atoms with Gasteiger partial charge in [-0.25, -0.2) is 0 Å². The van der Waals surface area contributed by atoms with Crippen LogP contribution in [0.3, 0.4) is 0 Å². The Balaban J connectivity index is 0.00000338. The lowest BCUT2D eigenvalue weighted by atomic mass is 9.97. The molecule has 0 radical (unpaired) electrons. The van der Waals surface area contributed by atoms with E-state index in [0.717, 1.165) is 38.2 Å². The van der Waals surface area contributed by atoms with Gasteiger partial charge < -0.3 is 16.4 Å². The summed E-state index contributed by atoms with van der Waals surface area (Å²) in [4.78, 5) is 18.7. The predicted octanol–water partition coefficient (Wildman–Crippen LogP) is 2.66. The van der Waals surface area contributed by atoms with Crippen LogP contribution in [-0.4, -0.2) is 48.5 Å². The second kappa shape index (κ2) is 10.7. The van der Waals surface area contributed by atoms with E-state index in [9.17, 15) is 4.79 Å². The smallest absolute Gasteiger partial charge is 0.234 e. The van der Waals surface area contributed by atoms with Gasteiger partial charge in [0.15, 0.2) is 5.96 Å². The molecule has 7 heteroatoms. The van der Waals surface area contributed by atoms with Crippen molar-refractivity contribution in [2.75, 3.05) is 31.5 Å². The van der Waals surface area contributed by atoms with Crippen LogP contribution in [-0.2, 0) is 4.79 Å². The summed E-state index contributed by atoms with van der Waals surface area (Å²) in [5.74, 6) is 1.08. The molecule has 26 heavy (non-hydrogen) atoms. The second-order valence-corrected chi connectivity index (χ2v) is 7.73. The Labute approximate surface area is 174 Å². The maximum atomic E-state index is 12.0. The zero-order valence-electron chi connectivity index (χ0n) is 16.0. The monoisotopic (exact) mass is 473 g/mol. The van der Waals surface area contributed by atoms with Crippen molar-refractivity contribution in [1.82, 2.24) is 10.2 Å². The zero-order chi connectivity index (χ0) is 18.3. The van der Waals surface area contributed by atoms with Crippen molar-refractivity contribution < 1.29 is 4.79 Å². The van der Waals surface area contributed by atoms with Crippen LogP contribution in [0.15, 0.2) is 35.3 Å². The average Bonchev–Trinajstić information content (AvgIpc) is 2.53. The third kappa shape index (κ3) is 8.84. The molecule has 2 rings (SSSR count). The van der Waals surface area contributed by atoms with E-state index in [1.807, 2.05) is 51.1 Å². The number of amides is 1. The van der Waals surface area contributed by atoms with Crippen molar-refractivity contribution in [1.29, 1.82) is 0 Å². The molecule has 1 heterocycles. The molecule has 1 fully saturated rings. The molecule has 0 saturated carbocycles. The van der Waals surface area contributed by atoms with Gasteiger partial charge in [-0.15, -0.1) is 24.0 Å². The number of nitrogens with zero attached hydrogens (tertiary/aromatic N) is 2. The molecule has 0 aliphatic carbocycles. The fourth-order valence-corrected chi connectivity index (χ4v) is 2.92. The first-order chi connectivity index (χ1) is 11.8. The van der Waals surface area contributed by atoms with Gasteiger partial charge in [-0.2, -0.15) is 0 Å². The number of hydrogen-bond acceptors (Lipinski definition) is 3. The number of nitrogens with two attached hydrogens (primary N) is 1. The van der Waals surface area contributed by atoms with Crippen molar-refractivity contribution in [2.24, 2.45) is 16.6 Å². The maximum Gasteiger partial charge on any atom is 0.234 e. The molecule has 0 atom stereocenters. The van der Waals surface area contributed by atoms with Gasteiger partial charge in [0.05, 0.1) is 6.54 Å². The number of halogens is 1. The first kappa shape index (κ1) is 22.7. The predicted molar refractivity (Wildman–Crippen MR) is 119 cm³/mol. The third-order valence-electron chi connectivity index (χ3n) is 4.15. The van der Waals surface area contributed by atoms with E-state index in [0.29, 0.717) is 18.4 Å². The van der Waals surface area contributed by atoms with E-state index in [-0.39, 0.29) is 35.4 Å². The summed E-state index contributed by atoms with van der Waals surface area (Å²) in [6.07, 6.45) is 2.09. The second-order valence-electron chi connectivity index (χ2n) is 7.73. The summed E-state index contributed by atoms with van der Waals surface area (Å²) in [7, 11) is 0. The summed E-state index contributed by atoms with van der Waals surface area (Å²) in [5, 5.41) is 6.12. The number of piperidine rings is 1. The van der Waals surface area contributed by atoms with Crippen molar-refractivity contribution in [2.45, 2.75) is 39.2 Å². The lowest BCUT2D eigenvalue weighted by molar-refractivity contribution is -0.124. The van der Waals surface area contributed by atoms with Crippen LogP contribution in [0.5, 0.6) is 0 Å². The topological polar surface area (TPSA) is 82.8 Å². The highest BCUT2D eigenvalue weighted by Gasteiger charge is 2.22. The molecule has 0 aromatic heterocycles. The molecule has 0 bridgehead atoms. The molecule has 1 amide bonds. The molecule has 146 valence electrons. The summed E-state index contributed by atoms with van der Waals surface area (Å²) in [6, 6.07) is 9.81. The number of likely N-dealkylation sites (tertiary alicyclic amines) is 1. The number of para-hydroxylation sites is 1. The van der Waals surface area contributed by atoms with E-state index in [2.05, 4.69) is 20.5 Å². The number of nitrogens with one attached hydrogen (secondary N) is 2. The van der Waals surface area contributed by atoms with Gasteiger partial charge in [0.1, 0.15) is 0 Å². The highest BCUT2D eigenvalue weighted by atomic mass is 127. The fourth-order valence-electron chi connectivity index (χ4n) is 2.92. The van der Waals surface area contributed by atoms with Gasteiger partial charge in [0.25, 0.3) is 0 Å². The Bertz CT molecular complexity index is 577. The summed E-state index contributed by atoms with van der Waals surface area (Å²) >= 11 is 0. The number of benzene rings is 1. The molecule has 1 aromatic rings. The largest absolute Gasteiger partial charge is 0.370 e. The van der Waals surface area contributed by atoms with Gasteiger partial charge in [-0.1, -0.05) is 18.2 Å². The molecular formula is C19H32IN5O. The Morgan fingerprint density at radius 2 is 1.85 bits per heavy atom. The molecule has 1 aromatic carbocycles. The highest BCUT2D eigenvalue weighted by molar-refractivity contribution is 14.0. The number of anilines is 1. The van der Waals surface area contributed by atoms with Crippen LogP contribution in [0.2, 0.25) is 0 Å². The SMILES string of the molecule is CC(C)(C)NC(=O)CN1CCC(CN=C(N)Nc2ccccc2)CC1.I. The molecule has 1 aliphatic rings. The standard InChI is InChI=1S/C19H31N5O.HI/c1-19(2,3)23-17(25)14-24-11-9-15(10-12-24)13-21-18(20)22-16-7-5-4-6-8-16;/h4-8,15H,9-14H2,1-3H3,(H,23,25)(H3,20,21,22);1H. The number of aliphatic imine (C=N–C) groups is 1.